The molecule has 0 bridgehead atoms. The van der Waals surface area contributed by atoms with E-state index in [1.54, 1.807) is 0 Å². The van der Waals surface area contributed by atoms with Crippen molar-refractivity contribution in [1.29, 1.82) is 0 Å². The summed E-state index contributed by atoms with van der Waals surface area (Å²) >= 11 is 3.40. The van der Waals surface area contributed by atoms with Crippen molar-refractivity contribution in [3.63, 3.8) is 0 Å². The minimum absolute atomic E-state index is 0.0896. The smallest absolute Gasteiger partial charge is 0.234 e. The second-order valence-corrected chi connectivity index (χ2v) is 8.16. The number of hydrogen-bond donors (Lipinski definition) is 2. The molecule has 0 aliphatic carbocycles. The van der Waals surface area contributed by atoms with Gasteiger partial charge >= 0.3 is 0 Å². The minimum atomic E-state index is -0.277. The summed E-state index contributed by atoms with van der Waals surface area (Å²) in [5.74, 6) is 0.326. The highest BCUT2D eigenvalue weighted by Gasteiger charge is 2.28. The Hall–Kier alpha value is -1.36. The summed E-state index contributed by atoms with van der Waals surface area (Å²) in [7, 11) is 0. The molecule has 4 nitrogen and oxygen atoms in total. The zero-order valence-electron chi connectivity index (χ0n) is 15.3. The van der Waals surface area contributed by atoms with Crippen LogP contribution in [0, 0.1) is 5.41 Å². The monoisotopic (exact) mass is 396 g/mol. The second-order valence-electron chi connectivity index (χ2n) is 7.25. The van der Waals surface area contributed by atoms with Gasteiger partial charge < -0.3 is 10.6 Å². The number of rotatable bonds is 7. The molecule has 2 amide bonds. The van der Waals surface area contributed by atoms with Crippen molar-refractivity contribution in [2.24, 2.45) is 5.41 Å². The van der Waals surface area contributed by atoms with Crippen LogP contribution in [0.5, 0.6) is 0 Å². The Bertz CT molecular complexity index is 549. The lowest BCUT2D eigenvalue weighted by Gasteiger charge is -2.24. The van der Waals surface area contributed by atoms with Crippen LogP contribution in [0.4, 0.5) is 5.69 Å². The maximum Gasteiger partial charge on any atom is 0.234 e. The summed E-state index contributed by atoms with van der Waals surface area (Å²) in [5, 5.41) is 5.65. The third-order valence-electron chi connectivity index (χ3n) is 4.02. The van der Waals surface area contributed by atoms with Gasteiger partial charge in [-0.05, 0) is 35.4 Å². The molecule has 0 fully saturated rings. The summed E-state index contributed by atoms with van der Waals surface area (Å²) in [5.41, 5.74) is 1.89. The lowest BCUT2D eigenvalue weighted by Crippen LogP contribution is -2.39. The van der Waals surface area contributed by atoms with Gasteiger partial charge in [-0.1, -0.05) is 62.7 Å². The Morgan fingerprint density at radius 3 is 2.25 bits per heavy atom. The highest BCUT2D eigenvalue weighted by molar-refractivity contribution is 9.10. The maximum absolute atomic E-state index is 12.0. The largest absolute Gasteiger partial charge is 0.355 e. The van der Waals surface area contributed by atoms with E-state index in [-0.39, 0.29) is 28.5 Å². The van der Waals surface area contributed by atoms with Gasteiger partial charge in [0, 0.05) is 18.7 Å². The molecule has 24 heavy (non-hydrogen) atoms. The molecule has 0 aromatic heterocycles. The third-order valence-corrected chi connectivity index (χ3v) is 5.81. The summed E-state index contributed by atoms with van der Waals surface area (Å²) in [6, 6.07) is 7.94. The van der Waals surface area contributed by atoms with Gasteiger partial charge in [-0.25, -0.2) is 0 Å². The first-order valence-corrected chi connectivity index (χ1v) is 9.38. The Kier molecular flexibility index (Phi) is 7.94. The molecule has 0 aliphatic rings. The molecule has 0 saturated carbocycles. The molecule has 0 spiro atoms. The number of benzene rings is 1. The number of anilines is 1. The third kappa shape index (κ3) is 6.63. The van der Waals surface area contributed by atoms with E-state index in [2.05, 4.69) is 40.4 Å². The van der Waals surface area contributed by atoms with Gasteiger partial charge in [-0.3, -0.25) is 9.59 Å². The van der Waals surface area contributed by atoms with Crippen molar-refractivity contribution in [2.75, 3.05) is 11.9 Å². The fourth-order valence-corrected chi connectivity index (χ4v) is 2.30. The zero-order valence-corrected chi connectivity index (χ0v) is 16.9. The molecule has 2 N–H and O–H groups in total. The van der Waals surface area contributed by atoms with E-state index in [0.29, 0.717) is 12.5 Å². The summed E-state index contributed by atoms with van der Waals surface area (Å²) in [6.07, 6.45) is 1.34. The molecular formula is C19H29BrN2O2. The van der Waals surface area contributed by atoms with Gasteiger partial charge in [-0.15, -0.1) is 0 Å². The fourth-order valence-electron chi connectivity index (χ4n) is 2.14. The number of carbonyl (C=O) groups is 2. The van der Waals surface area contributed by atoms with E-state index in [1.165, 1.54) is 5.56 Å². The molecule has 0 heterocycles. The molecule has 2 atom stereocenters. The number of hydrogen-bond acceptors (Lipinski definition) is 2. The molecule has 5 heteroatoms. The number of amides is 2. The molecule has 1 aromatic rings. The number of carbonyl (C=O) groups excluding carboxylic acids is 2. The lowest BCUT2D eigenvalue weighted by molar-refractivity contribution is -0.122. The van der Waals surface area contributed by atoms with Crippen molar-refractivity contribution in [2.45, 2.75) is 58.2 Å². The topological polar surface area (TPSA) is 58.2 Å². The molecule has 134 valence electrons. The van der Waals surface area contributed by atoms with Crippen LogP contribution in [0.25, 0.3) is 0 Å². The average molecular weight is 397 g/mol. The Morgan fingerprint density at radius 1 is 1.17 bits per heavy atom. The van der Waals surface area contributed by atoms with Gasteiger partial charge in [-0.2, -0.15) is 0 Å². The molecule has 1 aromatic carbocycles. The standard InChI is InChI=1S/C19H29BrN2O2/c1-6-13(2)14-7-9-15(10-8-14)22-16(23)11-12-21-18(24)17(20)19(3,4)5/h7-10,13,17H,6,11-12H2,1-5H3,(H,21,24)(H,22,23)/t13-,17-/m0/s1. The van der Waals surface area contributed by atoms with Gasteiger partial charge in [0.25, 0.3) is 0 Å². The molecular weight excluding hydrogens is 368 g/mol. The summed E-state index contributed by atoms with van der Waals surface area (Å²) in [4.78, 5) is 23.7. The summed E-state index contributed by atoms with van der Waals surface area (Å²) in [6.45, 7) is 10.6. The van der Waals surface area contributed by atoms with Gasteiger partial charge in [0.15, 0.2) is 0 Å². The predicted molar refractivity (Wildman–Crippen MR) is 104 cm³/mol. The van der Waals surface area contributed by atoms with Crippen molar-refractivity contribution < 1.29 is 9.59 Å². The van der Waals surface area contributed by atoms with Gasteiger partial charge in [0.2, 0.25) is 11.8 Å². The highest BCUT2D eigenvalue weighted by Crippen LogP contribution is 2.26. The first kappa shape index (κ1) is 20.7. The average Bonchev–Trinajstić information content (AvgIpc) is 2.53. The van der Waals surface area contributed by atoms with Crippen molar-refractivity contribution in [3.8, 4) is 0 Å². The van der Waals surface area contributed by atoms with E-state index < -0.39 is 0 Å². The first-order valence-electron chi connectivity index (χ1n) is 8.46. The van der Waals surface area contributed by atoms with Gasteiger partial charge in [0.05, 0.1) is 4.83 Å². The molecule has 0 unspecified atom stereocenters. The summed E-state index contributed by atoms with van der Waals surface area (Å²) < 4.78 is 0. The normalized spacial score (nSPS) is 13.9. The Balaban J connectivity index is 2.40. The molecule has 0 saturated heterocycles. The predicted octanol–water partition coefficient (Wildman–Crippen LogP) is 4.45. The molecule has 0 aliphatic heterocycles. The van der Waals surface area contributed by atoms with Crippen LogP contribution < -0.4 is 10.6 Å². The van der Waals surface area contributed by atoms with Crippen LogP contribution >= 0.6 is 15.9 Å². The zero-order chi connectivity index (χ0) is 18.3. The number of halogens is 1. The van der Waals surface area contributed by atoms with Crippen LogP contribution in [0.1, 0.15) is 58.9 Å². The van der Waals surface area contributed by atoms with Crippen molar-refractivity contribution in [1.82, 2.24) is 5.32 Å². The lowest BCUT2D eigenvalue weighted by atomic mass is 9.92. The van der Waals surface area contributed by atoms with Crippen LogP contribution in [-0.2, 0) is 9.59 Å². The van der Waals surface area contributed by atoms with Crippen LogP contribution in [0.15, 0.2) is 24.3 Å². The first-order chi connectivity index (χ1) is 11.1. The quantitative estimate of drug-likeness (QED) is 0.668. The number of nitrogens with one attached hydrogen (secondary N) is 2. The highest BCUT2D eigenvalue weighted by atomic mass is 79.9. The van der Waals surface area contributed by atoms with Crippen LogP contribution in [-0.4, -0.2) is 23.2 Å². The fraction of sp³-hybridized carbons (Fsp3) is 0.579. The van der Waals surface area contributed by atoms with Crippen molar-refractivity contribution >= 4 is 33.4 Å². The van der Waals surface area contributed by atoms with Crippen LogP contribution in [0.2, 0.25) is 0 Å². The molecule has 0 radical (unpaired) electrons. The maximum atomic E-state index is 12.0. The number of alkyl halides is 1. The van der Waals surface area contributed by atoms with E-state index >= 15 is 0 Å². The SMILES string of the molecule is CC[C@H](C)c1ccc(NC(=O)CCNC(=O)[C@H](Br)C(C)(C)C)cc1. The Morgan fingerprint density at radius 2 is 1.75 bits per heavy atom. The van der Waals surface area contributed by atoms with Crippen LogP contribution in [0.3, 0.4) is 0 Å². The van der Waals surface area contributed by atoms with E-state index in [4.69, 9.17) is 0 Å². The Labute approximate surface area is 153 Å². The van der Waals surface area contributed by atoms with E-state index in [1.807, 2.05) is 45.0 Å². The molecule has 1 rings (SSSR count). The van der Waals surface area contributed by atoms with Crippen molar-refractivity contribution in [3.05, 3.63) is 29.8 Å². The van der Waals surface area contributed by atoms with E-state index in [9.17, 15) is 9.59 Å². The second kappa shape index (κ2) is 9.21. The minimum Gasteiger partial charge on any atom is -0.355 e. The van der Waals surface area contributed by atoms with Gasteiger partial charge in [0.1, 0.15) is 0 Å². The van der Waals surface area contributed by atoms with E-state index in [0.717, 1.165) is 12.1 Å².